The van der Waals surface area contributed by atoms with Crippen LogP contribution in [0.25, 0.3) is 0 Å². The number of rotatable bonds is 7. The molecule has 0 saturated carbocycles. The van der Waals surface area contributed by atoms with Gasteiger partial charge in [0.1, 0.15) is 0 Å². The molecule has 0 aromatic carbocycles. The summed E-state index contributed by atoms with van der Waals surface area (Å²) >= 11 is 0. The largest absolute Gasteiger partial charge is 0.381 e. The molecule has 1 aromatic heterocycles. The first kappa shape index (κ1) is 15.3. The van der Waals surface area contributed by atoms with Crippen molar-refractivity contribution in [3.8, 4) is 0 Å². The van der Waals surface area contributed by atoms with Gasteiger partial charge in [-0.1, -0.05) is 19.9 Å². The zero-order chi connectivity index (χ0) is 14.4. The summed E-state index contributed by atoms with van der Waals surface area (Å²) in [6.45, 7) is 6.95. The number of pyridine rings is 1. The third-order valence-electron chi connectivity index (χ3n) is 3.64. The molecule has 0 saturated heterocycles. The van der Waals surface area contributed by atoms with Crippen LogP contribution < -0.4 is 10.9 Å². The van der Waals surface area contributed by atoms with Gasteiger partial charge in [0.05, 0.1) is 0 Å². The molecular formula is C16H26N2O2. The number of hydrogen-bond acceptors (Lipinski definition) is 3. The SMILES string of the molecule is CC(C)COCCCNC1CCCc2[nH]c(=O)ccc21. The average Bonchev–Trinajstić information content (AvgIpc) is 2.42. The summed E-state index contributed by atoms with van der Waals surface area (Å²) in [4.78, 5) is 14.3. The smallest absolute Gasteiger partial charge is 0.248 e. The van der Waals surface area contributed by atoms with E-state index in [1.54, 1.807) is 6.07 Å². The second-order valence-electron chi connectivity index (χ2n) is 5.98. The Kier molecular flexibility index (Phi) is 5.80. The summed E-state index contributed by atoms with van der Waals surface area (Å²) in [5.41, 5.74) is 2.38. The normalized spacial score (nSPS) is 18.2. The molecule has 0 aliphatic heterocycles. The van der Waals surface area contributed by atoms with Gasteiger partial charge >= 0.3 is 0 Å². The molecule has 1 aliphatic rings. The van der Waals surface area contributed by atoms with Crippen molar-refractivity contribution < 1.29 is 4.74 Å². The van der Waals surface area contributed by atoms with E-state index < -0.39 is 0 Å². The fourth-order valence-electron chi connectivity index (χ4n) is 2.68. The van der Waals surface area contributed by atoms with Gasteiger partial charge < -0.3 is 15.0 Å². The van der Waals surface area contributed by atoms with Gasteiger partial charge in [-0.05, 0) is 43.7 Å². The average molecular weight is 278 g/mol. The van der Waals surface area contributed by atoms with Gasteiger partial charge in [0, 0.05) is 31.0 Å². The van der Waals surface area contributed by atoms with Gasteiger partial charge in [-0.25, -0.2) is 0 Å². The van der Waals surface area contributed by atoms with Crippen LogP contribution in [0, 0.1) is 5.92 Å². The first-order valence-electron chi connectivity index (χ1n) is 7.70. The molecule has 0 amide bonds. The molecule has 0 fully saturated rings. The van der Waals surface area contributed by atoms with Gasteiger partial charge in [-0.15, -0.1) is 0 Å². The quantitative estimate of drug-likeness (QED) is 0.753. The van der Waals surface area contributed by atoms with Crippen molar-refractivity contribution in [2.24, 2.45) is 5.92 Å². The van der Waals surface area contributed by atoms with Crippen LogP contribution in [-0.4, -0.2) is 24.7 Å². The molecule has 1 aliphatic carbocycles. The fraction of sp³-hybridized carbons (Fsp3) is 0.688. The maximum absolute atomic E-state index is 11.3. The number of hydrogen-bond donors (Lipinski definition) is 2. The monoisotopic (exact) mass is 278 g/mol. The summed E-state index contributed by atoms with van der Waals surface area (Å²) in [7, 11) is 0. The molecule has 4 nitrogen and oxygen atoms in total. The molecule has 2 N–H and O–H groups in total. The summed E-state index contributed by atoms with van der Waals surface area (Å²) in [5.74, 6) is 0.602. The predicted octanol–water partition coefficient (Wildman–Crippen LogP) is 2.40. The van der Waals surface area contributed by atoms with Gasteiger partial charge in [-0.3, -0.25) is 4.79 Å². The number of fused-ring (bicyclic) bond motifs is 1. The number of aryl methyl sites for hydroxylation is 1. The highest BCUT2D eigenvalue weighted by Crippen LogP contribution is 2.27. The van der Waals surface area contributed by atoms with Crippen molar-refractivity contribution in [1.29, 1.82) is 0 Å². The maximum atomic E-state index is 11.3. The van der Waals surface area contributed by atoms with Crippen molar-refractivity contribution in [3.63, 3.8) is 0 Å². The predicted molar refractivity (Wildman–Crippen MR) is 81.0 cm³/mol. The third-order valence-corrected chi connectivity index (χ3v) is 3.64. The van der Waals surface area contributed by atoms with Crippen LogP contribution >= 0.6 is 0 Å². The Balaban J connectivity index is 1.76. The van der Waals surface area contributed by atoms with E-state index in [9.17, 15) is 4.79 Å². The van der Waals surface area contributed by atoms with E-state index in [-0.39, 0.29) is 5.56 Å². The molecule has 4 heteroatoms. The molecule has 0 radical (unpaired) electrons. The van der Waals surface area contributed by atoms with Crippen LogP contribution in [0.2, 0.25) is 0 Å². The molecule has 1 aromatic rings. The van der Waals surface area contributed by atoms with Gasteiger partial charge in [-0.2, -0.15) is 0 Å². The number of nitrogens with one attached hydrogen (secondary N) is 2. The third kappa shape index (κ3) is 4.46. The van der Waals surface area contributed by atoms with Crippen LogP contribution in [-0.2, 0) is 11.2 Å². The fourth-order valence-corrected chi connectivity index (χ4v) is 2.68. The van der Waals surface area contributed by atoms with Crippen LogP contribution in [0.3, 0.4) is 0 Å². The molecule has 0 bridgehead atoms. The molecule has 112 valence electrons. The molecular weight excluding hydrogens is 252 g/mol. The van der Waals surface area contributed by atoms with E-state index in [0.717, 1.165) is 51.1 Å². The summed E-state index contributed by atoms with van der Waals surface area (Å²) in [6.07, 6.45) is 4.30. The number of aromatic amines is 1. The lowest BCUT2D eigenvalue weighted by Gasteiger charge is -2.26. The van der Waals surface area contributed by atoms with Crippen molar-refractivity contribution in [2.45, 2.75) is 45.6 Å². The highest BCUT2D eigenvalue weighted by Gasteiger charge is 2.19. The second-order valence-corrected chi connectivity index (χ2v) is 5.98. The Morgan fingerprint density at radius 1 is 1.45 bits per heavy atom. The first-order valence-corrected chi connectivity index (χ1v) is 7.70. The molecule has 1 heterocycles. The summed E-state index contributed by atoms with van der Waals surface area (Å²) in [6, 6.07) is 3.98. The van der Waals surface area contributed by atoms with E-state index in [2.05, 4.69) is 24.1 Å². The van der Waals surface area contributed by atoms with E-state index in [0.29, 0.717) is 12.0 Å². The van der Waals surface area contributed by atoms with E-state index >= 15 is 0 Å². The lowest BCUT2D eigenvalue weighted by Crippen LogP contribution is -2.28. The number of ether oxygens (including phenoxy) is 1. The lowest BCUT2D eigenvalue weighted by atomic mass is 9.91. The topological polar surface area (TPSA) is 54.1 Å². The van der Waals surface area contributed by atoms with E-state index in [1.807, 2.05) is 6.07 Å². The Morgan fingerprint density at radius 2 is 2.30 bits per heavy atom. The van der Waals surface area contributed by atoms with Crippen molar-refractivity contribution >= 4 is 0 Å². The zero-order valence-corrected chi connectivity index (χ0v) is 12.6. The summed E-state index contributed by atoms with van der Waals surface area (Å²) in [5, 5.41) is 3.58. The molecule has 1 unspecified atom stereocenters. The minimum atomic E-state index is 0.00601. The standard InChI is InChI=1S/C16H26N2O2/c1-12(2)11-20-10-4-9-17-14-5-3-6-15-13(14)7-8-16(19)18-15/h7-8,12,14,17H,3-6,9-11H2,1-2H3,(H,18,19). The molecule has 20 heavy (non-hydrogen) atoms. The Bertz CT molecular complexity index is 468. The van der Waals surface area contributed by atoms with Crippen molar-refractivity contribution in [1.82, 2.24) is 10.3 Å². The molecule has 0 spiro atoms. The minimum absolute atomic E-state index is 0.00601. The zero-order valence-electron chi connectivity index (χ0n) is 12.6. The van der Waals surface area contributed by atoms with Gasteiger partial charge in [0.25, 0.3) is 0 Å². The van der Waals surface area contributed by atoms with Crippen molar-refractivity contribution in [3.05, 3.63) is 33.7 Å². The van der Waals surface area contributed by atoms with Crippen LogP contribution in [0.5, 0.6) is 0 Å². The van der Waals surface area contributed by atoms with E-state index in [1.165, 1.54) is 5.56 Å². The molecule has 1 atom stereocenters. The van der Waals surface area contributed by atoms with E-state index in [4.69, 9.17) is 4.74 Å². The minimum Gasteiger partial charge on any atom is -0.381 e. The lowest BCUT2D eigenvalue weighted by molar-refractivity contribution is 0.107. The van der Waals surface area contributed by atoms with Crippen LogP contribution in [0.4, 0.5) is 0 Å². The van der Waals surface area contributed by atoms with Crippen molar-refractivity contribution in [2.75, 3.05) is 19.8 Å². The van der Waals surface area contributed by atoms with Gasteiger partial charge in [0.15, 0.2) is 0 Å². The Hall–Kier alpha value is -1.13. The van der Waals surface area contributed by atoms with Gasteiger partial charge in [0.2, 0.25) is 5.56 Å². The maximum Gasteiger partial charge on any atom is 0.248 e. The number of H-pyrrole nitrogens is 1. The Labute approximate surface area is 120 Å². The second kappa shape index (κ2) is 7.60. The Morgan fingerprint density at radius 3 is 3.10 bits per heavy atom. The van der Waals surface area contributed by atoms with Crippen LogP contribution in [0.1, 0.15) is 50.4 Å². The highest BCUT2D eigenvalue weighted by molar-refractivity contribution is 5.26. The highest BCUT2D eigenvalue weighted by atomic mass is 16.5. The van der Waals surface area contributed by atoms with Crippen LogP contribution in [0.15, 0.2) is 16.9 Å². The number of aromatic nitrogens is 1. The first-order chi connectivity index (χ1) is 9.66. The molecule has 2 rings (SSSR count). The summed E-state index contributed by atoms with van der Waals surface area (Å²) < 4.78 is 5.58.